The normalized spacial score (nSPS) is 21.6. The number of hydrogen-bond donors (Lipinski definition) is 1. The van der Waals surface area contributed by atoms with Crippen LogP contribution in [0.15, 0.2) is 29.1 Å². The predicted octanol–water partition coefficient (Wildman–Crippen LogP) is 4.23. The summed E-state index contributed by atoms with van der Waals surface area (Å²) in [6.45, 7) is 8.43. The summed E-state index contributed by atoms with van der Waals surface area (Å²) in [7, 11) is 0. The highest BCUT2D eigenvalue weighted by Gasteiger charge is 2.33. The molecular formula is C22H32ClN3O3. The van der Waals surface area contributed by atoms with Gasteiger partial charge in [0.05, 0.1) is 5.69 Å². The van der Waals surface area contributed by atoms with Gasteiger partial charge in [-0.05, 0) is 55.6 Å². The maximum absolute atomic E-state index is 12.6. The quantitative estimate of drug-likeness (QED) is 0.708. The van der Waals surface area contributed by atoms with Crippen molar-refractivity contribution in [2.75, 3.05) is 0 Å². The lowest BCUT2D eigenvalue weighted by atomic mass is 9.75. The minimum absolute atomic E-state index is 0. The standard InChI is InChI=1S/C22H31N3O3.ClH/c1-14(2)18-11-9-15(3)13-20(18)28-21(26)12-10-17-7-5-6-8-19(17)25-16(4)23-24-22(25)27;/h5-8,14-15,18,20H,9-13H2,1-4H3,(H,24,27);1H. The molecule has 0 bridgehead atoms. The highest BCUT2D eigenvalue weighted by Crippen LogP contribution is 2.35. The van der Waals surface area contributed by atoms with Gasteiger partial charge in [-0.1, -0.05) is 45.4 Å². The van der Waals surface area contributed by atoms with Crippen LogP contribution in [-0.2, 0) is 16.0 Å². The van der Waals surface area contributed by atoms with E-state index in [0.717, 1.165) is 24.1 Å². The first-order chi connectivity index (χ1) is 13.4. The fraction of sp³-hybridized carbons (Fsp3) is 0.591. The summed E-state index contributed by atoms with van der Waals surface area (Å²) in [4.78, 5) is 24.7. The zero-order valence-electron chi connectivity index (χ0n) is 17.7. The van der Waals surface area contributed by atoms with Gasteiger partial charge >= 0.3 is 11.7 Å². The van der Waals surface area contributed by atoms with Crippen LogP contribution in [-0.4, -0.2) is 26.8 Å². The van der Waals surface area contributed by atoms with Crippen LogP contribution in [0.25, 0.3) is 5.69 Å². The first kappa shape index (κ1) is 23.2. The zero-order valence-corrected chi connectivity index (χ0v) is 18.5. The van der Waals surface area contributed by atoms with Gasteiger partial charge in [0, 0.05) is 6.42 Å². The van der Waals surface area contributed by atoms with E-state index in [9.17, 15) is 9.59 Å². The molecule has 160 valence electrons. The Morgan fingerprint density at radius 1 is 1.31 bits per heavy atom. The van der Waals surface area contributed by atoms with Crippen LogP contribution in [0.3, 0.4) is 0 Å². The fourth-order valence-corrected chi connectivity index (χ4v) is 4.31. The predicted molar refractivity (Wildman–Crippen MR) is 116 cm³/mol. The largest absolute Gasteiger partial charge is 0.462 e. The number of carbonyl (C=O) groups is 1. The van der Waals surface area contributed by atoms with Gasteiger partial charge in [-0.3, -0.25) is 4.79 Å². The van der Waals surface area contributed by atoms with E-state index in [-0.39, 0.29) is 30.2 Å². The maximum atomic E-state index is 12.6. The van der Waals surface area contributed by atoms with Gasteiger partial charge in [0.1, 0.15) is 11.9 Å². The van der Waals surface area contributed by atoms with E-state index in [1.165, 1.54) is 11.0 Å². The highest BCUT2D eigenvalue weighted by atomic mass is 35.5. The van der Waals surface area contributed by atoms with Crippen molar-refractivity contribution in [1.29, 1.82) is 0 Å². The second-order valence-electron chi connectivity index (χ2n) is 8.39. The summed E-state index contributed by atoms with van der Waals surface area (Å²) in [5.74, 6) is 2.00. The molecule has 0 spiro atoms. The van der Waals surface area contributed by atoms with E-state index < -0.39 is 0 Å². The number of carbonyl (C=O) groups excluding carboxylic acids is 1. The van der Waals surface area contributed by atoms with E-state index in [1.807, 2.05) is 24.3 Å². The number of ether oxygens (including phenoxy) is 1. The van der Waals surface area contributed by atoms with Crippen LogP contribution in [0.5, 0.6) is 0 Å². The molecule has 0 amide bonds. The van der Waals surface area contributed by atoms with E-state index in [0.29, 0.717) is 36.4 Å². The van der Waals surface area contributed by atoms with Crippen molar-refractivity contribution in [3.63, 3.8) is 0 Å². The van der Waals surface area contributed by atoms with Gasteiger partial charge < -0.3 is 4.74 Å². The number of para-hydroxylation sites is 1. The van der Waals surface area contributed by atoms with Crippen LogP contribution >= 0.6 is 12.4 Å². The molecule has 1 aliphatic rings. The van der Waals surface area contributed by atoms with Gasteiger partial charge in [-0.2, -0.15) is 5.10 Å². The van der Waals surface area contributed by atoms with Crippen LogP contribution in [0, 0.1) is 24.7 Å². The topological polar surface area (TPSA) is 77.0 Å². The number of halogens is 1. The third kappa shape index (κ3) is 5.50. The fourth-order valence-electron chi connectivity index (χ4n) is 4.31. The summed E-state index contributed by atoms with van der Waals surface area (Å²) in [6, 6.07) is 7.62. The van der Waals surface area contributed by atoms with Gasteiger partial charge in [-0.15, -0.1) is 12.4 Å². The lowest BCUT2D eigenvalue weighted by molar-refractivity contribution is -0.155. The second-order valence-corrected chi connectivity index (χ2v) is 8.39. The van der Waals surface area contributed by atoms with Gasteiger partial charge in [-0.25, -0.2) is 14.5 Å². The Morgan fingerprint density at radius 3 is 2.69 bits per heavy atom. The Kier molecular flexibility index (Phi) is 8.08. The first-order valence-electron chi connectivity index (χ1n) is 10.3. The molecule has 1 fully saturated rings. The molecule has 1 aromatic carbocycles. The molecule has 3 rings (SSSR count). The van der Waals surface area contributed by atoms with Crippen molar-refractivity contribution in [3.05, 3.63) is 46.1 Å². The highest BCUT2D eigenvalue weighted by molar-refractivity contribution is 5.85. The molecule has 3 unspecified atom stereocenters. The number of esters is 1. The molecule has 1 saturated carbocycles. The molecule has 29 heavy (non-hydrogen) atoms. The third-order valence-electron chi connectivity index (χ3n) is 5.92. The smallest absolute Gasteiger partial charge is 0.347 e. The number of aromatic nitrogens is 3. The van der Waals surface area contributed by atoms with Gasteiger partial charge in [0.2, 0.25) is 0 Å². The van der Waals surface area contributed by atoms with Crippen molar-refractivity contribution < 1.29 is 9.53 Å². The molecular weight excluding hydrogens is 390 g/mol. The average molecular weight is 422 g/mol. The molecule has 0 saturated heterocycles. The third-order valence-corrected chi connectivity index (χ3v) is 5.92. The number of hydrogen-bond acceptors (Lipinski definition) is 4. The molecule has 3 atom stereocenters. The Hall–Kier alpha value is -2.08. The molecule has 2 aromatic rings. The Labute approximate surface area is 178 Å². The number of nitrogens with zero attached hydrogens (tertiary/aromatic N) is 2. The number of aromatic amines is 1. The lowest BCUT2D eigenvalue weighted by Gasteiger charge is -2.36. The van der Waals surface area contributed by atoms with E-state index in [1.54, 1.807) is 6.92 Å². The van der Waals surface area contributed by atoms with Crippen LogP contribution in [0.4, 0.5) is 0 Å². The minimum atomic E-state index is -0.275. The molecule has 1 aliphatic carbocycles. The maximum Gasteiger partial charge on any atom is 0.347 e. The molecule has 0 radical (unpaired) electrons. The second kappa shape index (κ2) is 10.1. The molecule has 6 nitrogen and oxygen atoms in total. The number of H-pyrrole nitrogens is 1. The number of aryl methyl sites for hydroxylation is 2. The monoisotopic (exact) mass is 421 g/mol. The molecule has 7 heteroatoms. The Bertz CT molecular complexity index is 874. The molecule has 0 aliphatic heterocycles. The summed E-state index contributed by atoms with van der Waals surface area (Å²) in [6.07, 6.45) is 4.14. The van der Waals surface area contributed by atoms with Crippen LogP contribution in [0.2, 0.25) is 0 Å². The number of rotatable bonds is 6. The SMILES string of the molecule is Cc1n[nH]c(=O)n1-c1ccccc1CCC(=O)OC1CC(C)CCC1C(C)C.Cl. The van der Waals surface area contributed by atoms with Crippen molar-refractivity contribution >= 4 is 18.4 Å². The van der Waals surface area contributed by atoms with Gasteiger partial charge in [0.25, 0.3) is 0 Å². The molecule has 1 heterocycles. The Morgan fingerprint density at radius 2 is 2.03 bits per heavy atom. The number of benzene rings is 1. The summed E-state index contributed by atoms with van der Waals surface area (Å²) in [5, 5.41) is 6.44. The first-order valence-corrected chi connectivity index (χ1v) is 10.3. The van der Waals surface area contributed by atoms with Crippen molar-refractivity contribution in [1.82, 2.24) is 14.8 Å². The zero-order chi connectivity index (χ0) is 20.3. The van der Waals surface area contributed by atoms with E-state index >= 15 is 0 Å². The number of nitrogens with one attached hydrogen (secondary N) is 1. The van der Waals surface area contributed by atoms with Crippen molar-refractivity contribution in [3.8, 4) is 5.69 Å². The molecule has 1 aromatic heterocycles. The van der Waals surface area contributed by atoms with Crippen LogP contribution in [0.1, 0.15) is 57.8 Å². The summed E-state index contributed by atoms with van der Waals surface area (Å²) in [5.41, 5.74) is 1.42. The molecule has 1 N–H and O–H groups in total. The lowest BCUT2D eigenvalue weighted by Crippen LogP contribution is -2.35. The van der Waals surface area contributed by atoms with Crippen molar-refractivity contribution in [2.24, 2.45) is 17.8 Å². The van der Waals surface area contributed by atoms with Crippen LogP contribution < -0.4 is 5.69 Å². The van der Waals surface area contributed by atoms with Crippen molar-refractivity contribution in [2.45, 2.75) is 65.9 Å². The summed E-state index contributed by atoms with van der Waals surface area (Å²) >= 11 is 0. The minimum Gasteiger partial charge on any atom is -0.462 e. The Balaban J connectivity index is 0.00000300. The summed E-state index contributed by atoms with van der Waals surface area (Å²) < 4.78 is 7.45. The van der Waals surface area contributed by atoms with Gasteiger partial charge in [0.15, 0.2) is 0 Å². The average Bonchev–Trinajstić information content (AvgIpc) is 2.98. The van der Waals surface area contributed by atoms with E-state index in [2.05, 4.69) is 31.0 Å². The van der Waals surface area contributed by atoms with E-state index in [4.69, 9.17) is 4.74 Å².